The van der Waals surface area contributed by atoms with Gasteiger partial charge in [-0.1, -0.05) is 25.4 Å². The van der Waals surface area contributed by atoms with Gasteiger partial charge >= 0.3 is 0 Å². The van der Waals surface area contributed by atoms with Crippen LogP contribution in [-0.4, -0.2) is 20.5 Å². The van der Waals surface area contributed by atoms with Gasteiger partial charge in [-0.05, 0) is 18.8 Å². The molecule has 2 aromatic rings. The van der Waals surface area contributed by atoms with Crippen molar-refractivity contribution in [1.82, 2.24) is 14.6 Å². The summed E-state index contributed by atoms with van der Waals surface area (Å²) in [5.74, 6) is 1.05. The number of nitrogens with one attached hydrogen (secondary N) is 1. The van der Waals surface area contributed by atoms with E-state index in [1.807, 2.05) is 6.07 Å². The summed E-state index contributed by atoms with van der Waals surface area (Å²) in [7, 11) is 0. The lowest BCUT2D eigenvalue weighted by atomic mass is 10.1. The summed E-state index contributed by atoms with van der Waals surface area (Å²) in [6, 6.07) is 3.56. The van der Waals surface area contributed by atoms with Crippen molar-refractivity contribution in [3.63, 3.8) is 0 Å². The lowest BCUT2D eigenvalue weighted by molar-refractivity contribution is -0.117. The highest BCUT2D eigenvalue weighted by Crippen LogP contribution is 2.30. The molecule has 1 saturated carbocycles. The highest BCUT2D eigenvalue weighted by molar-refractivity contribution is 6.29. The summed E-state index contributed by atoms with van der Waals surface area (Å²) in [4.78, 5) is 16.2. The average molecular weight is 279 g/mol. The Morgan fingerprint density at radius 2 is 2.21 bits per heavy atom. The normalized spacial score (nSPS) is 15.2. The average Bonchev–Trinajstić information content (AvgIpc) is 3.10. The van der Waals surface area contributed by atoms with Crippen molar-refractivity contribution in [2.45, 2.75) is 32.6 Å². The number of amides is 1. The van der Waals surface area contributed by atoms with Crippen LogP contribution in [0.3, 0.4) is 0 Å². The molecule has 3 rings (SSSR count). The lowest BCUT2D eigenvalue weighted by Crippen LogP contribution is -2.15. The number of hydrogen-bond acceptors (Lipinski definition) is 3. The molecule has 0 bridgehead atoms. The highest BCUT2D eigenvalue weighted by atomic mass is 35.5. The van der Waals surface area contributed by atoms with Gasteiger partial charge in [-0.15, -0.1) is 0 Å². The maximum Gasteiger partial charge on any atom is 0.228 e. The Kier molecular flexibility index (Phi) is 2.93. The number of carbonyl (C=O) groups excluding carboxylic acids is 1. The molecule has 1 N–H and O–H groups in total. The molecule has 1 fully saturated rings. The largest absolute Gasteiger partial charge is 0.310 e. The first-order valence-electron chi connectivity index (χ1n) is 6.41. The van der Waals surface area contributed by atoms with E-state index in [9.17, 15) is 4.79 Å². The van der Waals surface area contributed by atoms with Crippen molar-refractivity contribution in [2.75, 3.05) is 5.32 Å². The van der Waals surface area contributed by atoms with Crippen LogP contribution in [0.2, 0.25) is 5.15 Å². The molecule has 0 radical (unpaired) electrons. The second-order valence-electron chi connectivity index (χ2n) is 5.22. The number of halogens is 1. The fourth-order valence-corrected chi connectivity index (χ4v) is 2.19. The Labute approximate surface area is 116 Å². The predicted octanol–water partition coefficient (Wildman–Crippen LogP) is 2.85. The summed E-state index contributed by atoms with van der Waals surface area (Å²) in [6.07, 6.45) is 1.95. The number of rotatable bonds is 3. The molecule has 2 heterocycles. The van der Waals surface area contributed by atoms with Crippen molar-refractivity contribution in [3.05, 3.63) is 23.0 Å². The van der Waals surface area contributed by atoms with Crippen molar-refractivity contribution < 1.29 is 4.79 Å². The fraction of sp³-hybridized carbons (Fsp3) is 0.462. The fourth-order valence-electron chi connectivity index (χ4n) is 2.02. The number of aromatic nitrogens is 3. The zero-order valence-electron chi connectivity index (χ0n) is 10.9. The van der Waals surface area contributed by atoms with Crippen LogP contribution >= 0.6 is 11.6 Å². The Hall–Kier alpha value is -1.62. The van der Waals surface area contributed by atoms with Crippen molar-refractivity contribution in [1.29, 1.82) is 0 Å². The quantitative estimate of drug-likeness (QED) is 0.939. The molecular formula is C13H15ClN4O. The third kappa shape index (κ3) is 2.42. The molecule has 0 unspecified atom stereocenters. The molecule has 0 spiro atoms. The van der Waals surface area contributed by atoms with Gasteiger partial charge < -0.3 is 5.32 Å². The van der Waals surface area contributed by atoms with Crippen molar-refractivity contribution in [2.24, 2.45) is 5.92 Å². The van der Waals surface area contributed by atoms with Crippen LogP contribution in [0.1, 0.15) is 38.3 Å². The third-order valence-electron chi connectivity index (χ3n) is 3.22. The van der Waals surface area contributed by atoms with Gasteiger partial charge in [0.2, 0.25) is 5.91 Å². The zero-order chi connectivity index (χ0) is 13.6. The van der Waals surface area contributed by atoms with Crippen LogP contribution in [0.5, 0.6) is 0 Å². The number of anilines is 1. The summed E-state index contributed by atoms with van der Waals surface area (Å²) < 4.78 is 1.72. The maximum absolute atomic E-state index is 11.8. The van der Waals surface area contributed by atoms with Crippen LogP contribution in [0.15, 0.2) is 12.1 Å². The van der Waals surface area contributed by atoms with E-state index in [2.05, 4.69) is 29.2 Å². The van der Waals surface area contributed by atoms with Crippen LogP contribution in [0, 0.1) is 5.92 Å². The van der Waals surface area contributed by atoms with Gasteiger partial charge in [-0.2, -0.15) is 5.10 Å². The van der Waals surface area contributed by atoms with Gasteiger partial charge in [0, 0.05) is 18.1 Å². The molecule has 19 heavy (non-hydrogen) atoms. The summed E-state index contributed by atoms with van der Waals surface area (Å²) in [6.45, 7) is 4.13. The molecule has 0 aliphatic heterocycles. The Morgan fingerprint density at radius 1 is 1.47 bits per heavy atom. The molecule has 100 valence electrons. The van der Waals surface area contributed by atoms with Gasteiger partial charge in [0.25, 0.3) is 0 Å². The number of fused-ring (bicyclic) bond motifs is 1. The number of hydrogen-bond donors (Lipinski definition) is 1. The molecule has 1 amide bonds. The molecule has 1 aliphatic rings. The molecule has 6 heteroatoms. The van der Waals surface area contributed by atoms with E-state index in [4.69, 9.17) is 11.6 Å². The molecule has 5 nitrogen and oxygen atoms in total. The summed E-state index contributed by atoms with van der Waals surface area (Å²) in [5, 5.41) is 7.48. The molecule has 2 aromatic heterocycles. The Bertz CT molecular complexity index is 645. The second kappa shape index (κ2) is 4.49. The third-order valence-corrected chi connectivity index (χ3v) is 3.40. The van der Waals surface area contributed by atoms with E-state index in [-0.39, 0.29) is 17.7 Å². The van der Waals surface area contributed by atoms with E-state index < -0.39 is 0 Å². The molecule has 1 aliphatic carbocycles. The summed E-state index contributed by atoms with van der Waals surface area (Å²) >= 11 is 5.92. The van der Waals surface area contributed by atoms with Crippen molar-refractivity contribution in [3.8, 4) is 0 Å². The molecule has 0 saturated heterocycles. The number of nitrogens with zero attached hydrogens (tertiary/aromatic N) is 3. The van der Waals surface area contributed by atoms with Crippen LogP contribution in [0.4, 0.5) is 5.82 Å². The maximum atomic E-state index is 11.8. The standard InChI is InChI=1S/C13H15ClN4O/c1-7(2)9-5-11(16-13(19)8-3-4-8)15-12-6-10(14)17-18(9)12/h5-8H,3-4H2,1-2H3,(H,15,16,19). The van der Waals surface area contributed by atoms with E-state index in [1.54, 1.807) is 10.6 Å². The molecule has 0 aromatic carbocycles. The first-order chi connectivity index (χ1) is 9.04. The first-order valence-corrected chi connectivity index (χ1v) is 6.79. The van der Waals surface area contributed by atoms with Gasteiger partial charge in [0.15, 0.2) is 10.8 Å². The van der Waals surface area contributed by atoms with Crippen LogP contribution < -0.4 is 5.32 Å². The van der Waals surface area contributed by atoms with E-state index in [0.717, 1.165) is 18.5 Å². The van der Waals surface area contributed by atoms with Gasteiger partial charge in [0.05, 0.1) is 5.69 Å². The van der Waals surface area contributed by atoms with Gasteiger partial charge in [0.1, 0.15) is 5.82 Å². The minimum absolute atomic E-state index is 0.0529. The Balaban J connectivity index is 2.02. The number of carbonyl (C=O) groups is 1. The van der Waals surface area contributed by atoms with E-state index in [0.29, 0.717) is 16.6 Å². The van der Waals surface area contributed by atoms with Crippen LogP contribution in [-0.2, 0) is 4.79 Å². The molecule has 0 atom stereocenters. The van der Waals surface area contributed by atoms with Gasteiger partial charge in [-0.3, -0.25) is 4.79 Å². The summed E-state index contributed by atoms with van der Waals surface area (Å²) in [5.41, 5.74) is 1.63. The van der Waals surface area contributed by atoms with Gasteiger partial charge in [-0.25, -0.2) is 9.50 Å². The highest BCUT2D eigenvalue weighted by Gasteiger charge is 2.30. The first kappa shape index (κ1) is 12.4. The SMILES string of the molecule is CC(C)c1cc(NC(=O)C2CC2)nc2cc(Cl)nn12. The molecular weight excluding hydrogens is 264 g/mol. The van der Waals surface area contributed by atoms with Crippen LogP contribution in [0.25, 0.3) is 5.65 Å². The minimum Gasteiger partial charge on any atom is -0.310 e. The lowest BCUT2D eigenvalue weighted by Gasteiger charge is -2.11. The zero-order valence-corrected chi connectivity index (χ0v) is 11.6. The smallest absolute Gasteiger partial charge is 0.228 e. The second-order valence-corrected chi connectivity index (χ2v) is 5.61. The van der Waals surface area contributed by atoms with E-state index in [1.165, 1.54) is 0 Å². The predicted molar refractivity (Wildman–Crippen MR) is 73.4 cm³/mol. The van der Waals surface area contributed by atoms with Crippen molar-refractivity contribution >= 4 is 29.0 Å². The minimum atomic E-state index is 0.0529. The van der Waals surface area contributed by atoms with E-state index >= 15 is 0 Å². The monoisotopic (exact) mass is 278 g/mol. The Morgan fingerprint density at radius 3 is 2.84 bits per heavy atom. The topological polar surface area (TPSA) is 59.3 Å².